The first-order valence-corrected chi connectivity index (χ1v) is 7.83. The third kappa shape index (κ3) is 2.77. The first-order valence-electron chi connectivity index (χ1n) is 7.83. The average Bonchev–Trinajstić information content (AvgIpc) is 3.29. The van der Waals surface area contributed by atoms with E-state index >= 15 is 0 Å². The second-order valence-electron chi connectivity index (χ2n) is 6.00. The van der Waals surface area contributed by atoms with Crippen molar-refractivity contribution >= 4 is 11.7 Å². The lowest BCUT2D eigenvalue weighted by Crippen LogP contribution is -2.29. The second-order valence-corrected chi connectivity index (χ2v) is 6.00. The lowest BCUT2D eigenvalue weighted by Gasteiger charge is -2.15. The molecule has 0 atom stereocenters. The van der Waals surface area contributed by atoms with Gasteiger partial charge >= 0.3 is 0 Å². The van der Waals surface area contributed by atoms with E-state index in [0.717, 1.165) is 0 Å². The summed E-state index contributed by atoms with van der Waals surface area (Å²) in [6, 6.07) is 10.7. The second kappa shape index (κ2) is 5.77. The Kier molecular flexibility index (Phi) is 3.56. The van der Waals surface area contributed by atoms with Gasteiger partial charge in [0, 0.05) is 17.8 Å². The summed E-state index contributed by atoms with van der Waals surface area (Å²) in [7, 11) is 0. The number of hydrogen-bond acceptors (Lipinski definition) is 3. The number of nitrogens with one attached hydrogen (secondary N) is 1. The quantitative estimate of drug-likeness (QED) is 0.742. The first kappa shape index (κ1) is 15.4. The summed E-state index contributed by atoms with van der Waals surface area (Å²) in [5.41, 5.74) is 0.152. The largest absolute Gasteiger partial charge is 0.308 e. The van der Waals surface area contributed by atoms with E-state index < -0.39 is 11.4 Å². The van der Waals surface area contributed by atoms with Crippen LogP contribution in [0, 0.1) is 11.8 Å². The van der Waals surface area contributed by atoms with Gasteiger partial charge in [0.05, 0.1) is 17.3 Å². The number of hydrogen-bond donors (Lipinski definition) is 1. The molecule has 25 heavy (non-hydrogen) atoms. The van der Waals surface area contributed by atoms with Gasteiger partial charge in [-0.05, 0) is 31.0 Å². The average molecular weight is 340 g/mol. The Labute approximate surface area is 142 Å². The van der Waals surface area contributed by atoms with E-state index in [0.29, 0.717) is 29.9 Å². The zero-order chi connectivity index (χ0) is 17.4. The Morgan fingerprint density at radius 2 is 1.92 bits per heavy atom. The zero-order valence-corrected chi connectivity index (χ0v) is 13.1. The van der Waals surface area contributed by atoms with Gasteiger partial charge in [0.15, 0.2) is 5.82 Å². The Morgan fingerprint density at radius 1 is 1.12 bits per heavy atom. The third-order valence-electron chi connectivity index (χ3n) is 4.38. The van der Waals surface area contributed by atoms with Gasteiger partial charge in [0.2, 0.25) is 11.9 Å². The predicted octanol–water partition coefficient (Wildman–Crippen LogP) is 3.22. The van der Waals surface area contributed by atoms with Crippen molar-refractivity contribution < 1.29 is 13.6 Å². The summed E-state index contributed by atoms with van der Waals surface area (Å²) >= 11 is 0. The van der Waals surface area contributed by atoms with Crippen LogP contribution in [-0.4, -0.2) is 20.7 Å². The molecule has 3 aromatic rings. The predicted molar refractivity (Wildman–Crippen MR) is 87.3 cm³/mol. The van der Waals surface area contributed by atoms with E-state index in [1.54, 1.807) is 30.5 Å². The Balaban J connectivity index is 1.54. The maximum atomic E-state index is 14.0. The highest BCUT2D eigenvalue weighted by molar-refractivity contribution is 6.00. The molecule has 0 unspecified atom stereocenters. The molecule has 1 aliphatic carbocycles. The fraction of sp³-hybridized carbons (Fsp3) is 0.167. The molecular formula is C18H14F2N4O. The molecule has 2 heterocycles. The molecule has 126 valence electrons. The van der Waals surface area contributed by atoms with Crippen molar-refractivity contribution in [2.75, 3.05) is 5.32 Å². The molecule has 4 rings (SSSR count). The molecular weight excluding hydrogens is 326 g/mol. The Hall–Kier alpha value is -3.09. The lowest BCUT2D eigenvalue weighted by atomic mass is 9.94. The smallest absolute Gasteiger partial charge is 0.236 e. The van der Waals surface area contributed by atoms with Gasteiger partial charge in [-0.3, -0.25) is 4.79 Å². The summed E-state index contributed by atoms with van der Waals surface area (Å²) in [4.78, 5) is 16.2. The minimum atomic E-state index is -0.827. The summed E-state index contributed by atoms with van der Waals surface area (Å²) < 4.78 is 28.4. The van der Waals surface area contributed by atoms with Crippen LogP contribution in [-0.2, 0) is 10.2 Å². The van der Waals surface area contributed by atoms with Crippen molar-refractivity contribution in [3.8, 4) is 5.69 Å². The van der Waals surface area contributed by atoms with Gasteiger partial charge in [0.25, 0.3) is 0 Å². The van der Waals surface area contributed by atoms with Gasteiger partial charge in [0.1, 0.15) is 5.82 Å². The Bertz CT molecular complexity index is 932. The molecule has 1 amide bonds. The summed E-state index contributed by atoms with van der Waals surface area (Å²) in [6.45, 7) is 0. The number of benzene rings is 1. The number of nitrogens with zero attached hydrogens (tertiary/aromatic N) is 3. The van der Waals surface area contributed by atoms with E-state index in [1.165, 1.54) is 29.1 Å². The van der Waals surface area contributed by atoms with Crippen LogP contribution in [0.4, 0.5) is 14.6 Å². The topological polar surface area (TPSA) is 59.8 Å². The van der Waals surface area contributed by atoms with Gasteiger partial charge in [-0.25, -0.2) is 14.1 Å². The molecule has 5 nitrogen and oxygen atoms in total. The highest BCUT2D eigenvalue weighted by Gasteiger charge is 2.52. The number of halogens is 2. The number of carbonyl (C=O) groups is 1. The van der Waals surface area contributed by atoms with Crippen molar-refractivity contribution in [1.29, 1.82) is 0 Å². The molecule has 0 radical (unpaired) electrons. The van der Waals surface area contributed by atoms with Crippen LogP contribution in [0.15, 0.2) is 54.9 Å². The number of carbonyl (C=O) groups excluding carboxylic acids is 1. The van der Waals surface area contributed by atoms with E-state index in [4.69, 9.17) is 0 Å². The monoisotopic (exact) mass is 340 g/mol. The molecule has 1 fully saturated rings. The van der Waals surface area contributed by atoms with Gasteiger partial charge in [-0.1, -0.05) is 18.2 Å². The molecule has 1 aromatic carbocycles. The Morgan fingerprint density at radius 3 is 2.60 bits per heavy atom. The van der Waals surface area contributed by atoms with Crippen LogP contribution in [0.3, 0.4) is 0 Å². The van der Waals surface area contributed by atoms with E-state index in [1.807, 2.05) is 0 Å². The van der Waals surface area contributed by atoms with Crippen LogP contribution < -0.4 is 5.32 Å². The molecule has 2 aromatic heterocycles. The summed E-state index contributed by atoms with van der Waals surface area (Å²) in [5, 5.41) is 6.98. The number of amides is 1. The van der Waals surface area contributed by atoms with Crippen LogP contribution in [0.2, 0.25) is 0 Å². The fourth-order valence-corrected chi connectivity index (χ4v) is 2.87. The third-order valence-corrected chi connectivity index (χ3v) is 4.38. The fourth-order valence-electron chi connectivity index (χ4n) is 2.87. The molecule has 7 heteroatoms. The van der Waals surface area contributed by atoms with E-state index in [-0.39, 0.29) is 11.7 Å². The standard InChI is InChI=1S/C18H14F2N4O/c19-14-4-2-1-3-13(14)18(8-9-18)17(25)22-16-7-10-24(23-16)12-5-6-15(20)21-11-12/h1-7,10-11H,8-9H2,(H,22,23,25). The molecule has 0 bridgehead atoms. The summed E-state index contributed by atoms with van der Waals surface area (Å²) in [6.07, 6.45) is 4.17. The first-order chi connectivity index (χ1) is 12.1. The lowest BCUT2D eigenvalue weighted by molar-refractivity contribution is -0.118. The van der Waals surface area contributed by atoms with E-state index in [2.05, 4.69) is 15.4 Å². The highest BCUT2D eigenvalue weighted by atomic mass is 19.1. The minimum absolute atomic E-state index is 0.278. The van der Waals surface area contributed by atoms with Crippen molar-refractivity contribution in [3.63, 3.8) is 0 Å². The normalized spacial score (nSPS) is 15.0. The van der Waals surface area contributed by atoms with Gasteiger partial charge < -0.3 is 5.32 Å². The van der Waals surface area contributed by atoms with Gasteiger partial charge in [-0.15, -0.1) is 0 Å². The minimum Gasteiger partial charge on any atom is -0.308 e. The van der Waals surface area contributed by atoms with E-state index in [9.17, 15) is 13.6 Å². The molecule has 0 spiro atoms. The van der Waals surface area contributed by atoms with Crippen molar-refractivity contribution in [3.05, 3.63) is 72.2 Å². The van der Waals surface area contributed by atoms with Crippen LogP contribution in [0.1, 0.15) is 18.4 Å². The maximum absolute atomic E-state index is 14.0. The maximum Gasteiger partial charge on any atom is 0.236 e. The number of anilines is 1. The SMILES string of the molecule is O=C(Nc1ccn(-c2ccc(F)nc2)n1)C1(c2ccccc2F)CC1. The molecule has 1 N–H and O–H groups in total. The molecule has 0 aliphatic heterocycles. The molecule has 1 aliphatic rings. The van der Waals surface area contributed by atoms with Crippen LogP contribution in [0.5, 0.6) is 0 Å². The zero-order valence-electron chi connectivity index (χ0n) is 13.1. The molecule has 1 saturated carbocycles. The number of aromatic nitrogens is 3. The summed E-state index contributed by atoms with van der Waals surface area (Å²) in [5.74, 6) is -0.889. The number of rotatable bonds is 4. The number of pyridine rings is 1. The van der Waals surface area contributed by atoms with Crippen LogP contribution in [0.25, 0.3) is 5.69 Å². The highest BCUT2D eigenvalue weighted by Crippen LogP contribution is 2.49. The van der Waals surface area contributed by atoms with Gasteiger partial charge in [-0.2, -0.15) is 9.49 Å². The van der Waals surface area contributed by atoms with Crippen molar-refractivity contribution in [2.45, 2.75) is 18.3 Å². The van der Waals surface area contributed by atoms with Crippen molar-refractivity contribution in [1.82, 2.24) is 14.8 Å². The van der Waals surface area contributed by atoms with Crippen molar-refractivity contribution in [2.24, 2.45) is 0 Å². The van der Waals surface area contributed by atoms with Crippen LogP contribution >= 0.6 is 0 Å². The molecule has 0 saturated heterocycles.